The zero-order valence-electron chi connectivity index (χ0n) is 8.72. The Hall–Kier alpha value is -1.32. The molecule has 0 aliphatic carbocycles. The smallest absolute Gasteiger partial charge is 0.152 e. The molecule has 2 N–H and O–H groups in total. The van der Waals surface area contributed by atoms with Crippen molar-refractivity contribution in [3.8, 4) is 5.75 Å². The Bertz CT molecular complexity index is 329. The molecule has 0 saturated heterocycles. The minimum atomic E-state index is -0.777. The van der Waals surface area contributed by atoms with Crippen molar-refractivity contribution in [1.82, 2.24) is 0 Å². The lowest BCUT2D eigenvalue weighted by Crippen LogP contribution is -2.02. The first kappa shape index (κ1) is 11.8. The number of anilines is 1. The predicted molar refractivity (Wildman–Crippen MR) is 55.8 cm³/mol. The van der Waals surface area contributed by atoms with Crippen molar-refractivity contribution >= 4 is 5.69 Å². The maximum Gasteiger partial charge on any atom is 0.152 e. The predicted octanol–water partition coefficient (Wildman–Crippen LogP) is 3.12. The third-order valence-electron chi connectivity index (χ3n) is 2.06. The summed E-state index contributed by atoms with van der Waals surface area (Å²) in [5, 5.41) is 0. The van der Waals surface area contributed by atoms with Crippen molar-refractivity contribution < 1.29 is 13.5 Å². The second-order valence-corrected chi connectivity index (χ2v) is 3.35. The molecule has 1 aromatic rings. The normalized spacial score (nSPS) is 10.3. The molecule has 0 fully saturated rings. The summed E-state index contributed by atoms with van der Waals surface area (Å²) in [5.41, 5.74) is 5.27. The van der Waals surface area contributed by atoms with Gasteiger partial charge < -0.3 is 10.5 Å². The van der Waals surface area contributed by atoms with Crippen LogP contribution < -0.4 is 10.5 Å². The molecule has 4 heteroatoms. The van der Waals surface area contributed by atoms with Gasteiger partial charge in [0.25, 0.3) is 0 Å². The van der Waals surface area contributed by atoms with Gasteiger partial charge in [0.2, 0.25) is 0 Å². The van der Waals surface area contributed by atoms with Crippen LogP contribution in [0.4, 0.5) is 14.5 Å². The molecule has 15 heavy (non-hydrogen) atoms. The van der Waals surface area contributed by atoms with Gasteiger partial charge in [-0.1, -0.05) is 19.8 Å². The fraction of sp³-hybridized carbons (Fsp3) is 0.455. The molecular weight excluding hydrogens is 200 g/mol. The van der Waals surface area contributed by atoms with Crippen LogP contribution >= 0.6 is 0 Å². The van der Waals surface area contributed by atoms with Crippen LogP contribution in [0.5, 0.6) is 5.75 Å². The Labute approximate surface area is 88.0 Å². The van der Waals surface area contributed by atoms with Crippen LogP contribution in [0.2, 0.25) is 0 Å². The van der Waals surface area contributed by atoms with Crippen LogP contribution in [0, 0.1) is 11.6 Å². The number of hydrogen-bond acceptors (Lipinski definition) is 2. The molecule has 0 aliphatic rings. The average Bonchev–Trinajstić information content (AvgIpc) is 2.19. The summed E-state index contributed by atoms with van der Waals surface area (Å²) in [6.07, 6.45) is 2.95. The second kappa shape index (κ2) is 5.53. The molecule has 0 saturated carbocycles. The van der Waals surface area contributed by atoms with Gasteiger partial charge >= 0.3 is 0 Å². The van der Waals surface area contributed by atoms with Gasteiger partial charge in [0, 0.05) is 12.1 Å². The van der Waals surface area contributed by atoms with Crippen LogP contribution in [0.3, 0.4) is 0 Å². The van der Waals surface area contributed by atoms with Crippen molar-refractivity contribution in [2.24, 2.45) is 0 Å². The van der Waals surface area contributed by atoms with E-state index in [0.29, 0.717) is 6.61 Å². The van der Waals surface area contributed by atoms with Crippen LogP contribution in [0.15, 0.2) is 12.1 Å². The highest BCUT2D eigenvalue weighted by molar-refractivity contribution is 5.53. The lowest BCUT2D eigenvalue weighted by atomic mass is 10.2. The summed E-state index contributed by atoms with van der Waals surface area (Å²) in [6, 6.07) is 1.85. The van der Waals surface area contributed by atoms with E-state index in [1.807, 2.05) is 0 Å². The summed E-state index contributed by atoms with van der Waals surface area (Å²) in [6.45, 7) is 2.50. The number of nitrogens with two attached hydrogens (primary N) is 1. The Kier molecular flexibility index (Phi) is 4.34. The van der Waals surface area contributed by atoms with E-state index in [0.717, 1.165) is 31.4 Å². The van der Waals surface area contributed by atoms with E-state index >= 15 is 0 Å². The lowest BCUT2D eigenvalue weighted by Gasteiger charge is -2.09. The monoisotopic (exact) mass is 215 g/mol. The van der Waals surface area contributed by atoms with Crippen molar-refractivity contribution in [1.29, 1.82) is 0 Å². The summed E-state index contributed by atoms with van der Waals surface area (Å²) in [4.78, 5) is 0. The molecular formula is C11H15F2NO. The van der Waals surface area contributed by atoms with Gasteiger partial charge in [0.1, 0.15) is 17.3 Å². The number of nitrogen functional groups attached to an aromatic ring is 1. The summed E-state index contributed by atoms with van der Waals surface area (Å²) < 4.78 is 31.0. The Morgan fingerprint density at radius 3 is 2.67 bits per heavy atom. The van der Waals surface area contributed by atoms with Crippen molar-refractivity contribution in [3.05, 3.63) is 23.8 Å². The van der Waals surface area contributed by atoms with Crippen LogP contribution in [-0.4, -0.2) is 6.61 Å². The zero-order valence-corrected chi connectivity index (χ0v) is 8.72. The van der Waals surface area contributed by atoms with Crippen LogP contribution in [0.25, 0.3) is 0 Å². The first-order valence-electron chi connectivity index (χ1n) is 5.02. The maximum atomic E-state index is 13.0. The van der Waals surface area contributed by atoms with Gasteiger partial charge in [-0.3, -0.25) is 0 Å². The van der Waals surface area contributed by atoms with Crippen molar-refractivity contribution in [2.45, 2.75) is 26.2 Å². The van der Waals surface area contributed by atoms with Crippen molar-refractivity contribution in [2.75, 3.05) is 12.3 Å². The van der Waals surface area contributed by atoms with Crippen LogP contribution in [-0.2, 0) is 0 Å². The molecule has 0 bridgehead atoms. The van der Waals surface area contributed by atoms with Gasteiger partial charge in [0.05, 0.1) is 6.61 Å². The van der Waals surface area contributed by atoms with E-state index in [1.165, 1.54) is 0 Å². The van der Waals surface area contributed by atoms with E-state index < -0.39 is 11.6 Å². The first-order chi connectivity index (χ1) is 7.15. The largest absolute Gasteiger partial charge is 0.491 e. The van der Waals surface area contributed by atoms with E-state index in [4.69, 9.17) is 10.5 Å². The fourth-order valence-corrected chi connectivity index (χ4v) is 1.21. The quantitative estimate of drug-likeness (QED) is 0.605. The Morgan fingerprint density at radius 1 is 1.27 bits per heavy atom. The molecule has 0 spiro atoms. The number of halogens is 2. The number of benzene rings is 1. The third-order valence-corrected chi connectivity index (χ3v) is 2.06. The summed E-state index contributed by atoms with van der Waals surface area (Å²) in [7, 11) is 0. The topological polar surface area (TPSA) is 35.2 Å². The van der Waals surface area contributed by atoms with E-state index in [-0.39, 0.29) is 11.4 Å². The number of rotatable bonds is 5. The molecule has 0 heterocycles. The molecule has 0 radical (unpaired) electrons. The molecule has 84 valence electrons. The van der Waals surface area contributed by atoms with Gasteiger partial charge in [-0.25, -0.2) is 8.78 Å². The lowest BCUT2D eigenvalue weighted by molar-refractivity contribution is 0.305. The summed E-state index contributed by atoms with van der Waals surface area (Å²) >= 11 is 0. The molecule has 1 rings (SSSR count). The molecule has 1 aromatic carbocycles. The maximum absolute atomic E-state index is 13.0. The Morgan fingerprint density at radius 2 is 2.00 bits per heavy atom. The molecule has 0 unspecified atom stereocenters. The van der Waals surface area contributed by atoms with Gasteiger partial charge in [0.15, 0.2) is 5.82 Å². The standard InChI is InChI=1S/C11H15F2NO/c1-2-3-4-5-15-10-7-8(12)6-9(13)11(10)14/h6-7H,2-5,14H2,1H3. The molecule has 0 aromatic heterocycles. The minimum Gasteiger partial charge on any atom is -0.491 e. The second-order valence-electron chi connectivity index (χ2n) is 3.35. The Balaban J connectivity index is 2.60. The van der Waals surface area contributed by atoms with E-state index in [9.17, 15) is 8.78 Å². The van der Waals surface area contributed by atoms with E-state index in [2.05, 4.69) is 6.92 Å². The number of ether oxygens (including phenoxy) is 1. The SMILES string of the molecule is CCCCCOc1cc(F)cc(F)c1N. The minimum absolute atomic E-state index is 0.0867. The molecule has 0 aliphatic heterocycles. The average molecular weight is 215 g/mol. The first-order valence-corrected chi connectivity index (χ1v) is 5.02. The van der Waals surface area contributed by atoms with Gasteiger partial charge in [-0.2, -0.15) is 0 Å². The summed E-state index contributed by atoms with van der Waals surface area (Å²) in [5.74, 6) is -1.36. The zero-order chi connectivity index (χ0) is 11.3. The number of unbranched alkanes of at least 4 members (excludes halogenated alkanes) is 2. The van der Waals surface area contributed by atoms with Gasteiger partial charge in [-0.05, 0) is 6.42 Å². The van der Waals surface area contributed by atoms with E-state index in [1.54, 1.807) is 0 Å². The molecule has 2 nitrogen and oxygen atoms in total. The van der Waals surface area contributed by atoms with Crippen LogP contribution in [0.1, 0.15) is 26.2 Å². The highest BCUT2D eigenvalue weighted by Gasteiger charge is 2.08. The fourth-order valence-electron chi connectivity index (χ4n) is 1.21. The highest BCUT2D eigenvalue weighted by atomic mass is 19.1. The third kappa shape index (κ3) is 3.38. The number of hydrogen-bond donors (Lipinski definition) is 1. The molecule has 0 amide bonds. The van der Waals surface area contributed by atoms with Gasteiger partial charge in [-0.15, -0.1) is 0 Å². The highest BCUT2D eigenvalue weighted by Crippen LogP contribution is 2.25. The molecule has 0 atom stereocenters. The van der Waals surface area contributed by atoms with Crippen molar-refractivity contribution in [3.63, 3.8) is 0 Å².